The van der Waals surface area contributed by atoms with E-state index in [1.165, 1.54) is 12.5 Å². The van der Waals surface area contributed by atoms with Crippen LogP contribution in [0.15, 0.2) is 36.7 Å². The number of ketones is 1. The maximum atomic E-state index is 12.9. The van der Waals surface area contributed by atoms with Crippen LogP contribution in [0.1, 0.15) is 61.9 Å². The molecule has 1 fully saturated rings. The second-order valence-corrected chi connectivity index (χ2v) is 9.38. The van der Waals surface area contributed by atoms with Crippen LogP contribution in [-0.4, -0.2) is 52.1 Å². The Kier molecular flexibility index (Phi) is 7.87. The van der Waals surface area contributed by atoms with E-state index in [1.807, 2.05) is 6.07 Å². The zero-order valence-corrected chi connectivity index (χ0v) is 19.8. The first-order valence-corrected chi connectivity index (χ1v) is 12.2. The number of carbonyl (C=O) groups excluding carboxylic acids is 3. The number of aromatic nitrogens is 2. The van der Waals surface area contributed by atoms with Gasteiger partial charge in [-0.3, -0.25) is 19.4 Å². The molecule has 2 N–H and O–H groups in total. The third-order valence-corrected chi connectivity index (χ3v) is 6.55. The molecule has 8 nitrogen and oxygen atoms in total. The standard InChI is InChI=1S/C26H33N5O3/c1-18(32)13-23(21-7-2-10-27-16-21)30-24(33)15-25(34)31-12-4-5-19(17-31)14-22-9-8-20-6-3-11-28-26(20)29-22/h2,7-10,16,19,23H,3-6,11-15,17H2,1H3,(H,28,29)(H,30,33)/t19?,23-/m0/s1. The van der Waals surface area contributed by atoms with Gasteiger partial charge in [0.15, 0.2) is 0 Å². The Morgan fingerprint density at radius 2 is 2.12 bits per heavy atom. The number of hydrogen-bond donors (Lipinski definition) is 2. The van der Waals surface area contributed by atoms with Crippen LogP contribution >= 0.6 is 0 Å². The molecule has 2 atom stereocenters. The average molecular weight is 464 g/mol. The van der Waals surface area contributed by atoms with E-state index in [0.717, 1.165) is 55.7 Å². The molecule has 1 unspecified atom stereocenters. The fraction of sp³-hybridized carbons (Fsp3) is 0.500. The van der Waals surface area contributed by atoms with Crippen LogP contribution in [0, 0.1) is 5.92 Å². The van der Waals surface area contributed by atoms with Gasteiger partial charge in [0.2, 0.25) is 11.8 Å². The van der Waals surface area contributed by atoms with Crippen LogP contribution < -0.4 is 10.6 Å². The molecule has 0 saturated carbocycles. The van der Waals surface area contributed by atoms with Crippen LogP contribution in [0.4, 0.5) is 5.82 Å². The van der Waals surface area contributed by atoms with Crippen molar-refractivity contribution in [2.75, 3.05) is 25.0 Å². The van der Waals surface area contributed by atoms with Gasteiger partial charge >= 0.3 is 0 Å². The lowest BCUT2D eigenvalue weighted by Crippen LogP contribution is -2.43. The lowest BCUT2D eigenvalue weighted by atomic mass is 9.92. The molecule has 0 radical (unpaired) electrons. The third-order valence-electron chi connectivity index (χ3n) is 6.55. The van der Waals surface area contributed by atoms with Crippen molar-refractivity contribution < 1.29 is 14.4 Å². The number of pyridine rings is 2. The average Bonchev–Trinajstić information content (AvgIpc) is 2.84. The fourth-order valence-electron chi connectivity index (χ4n) is 4.85. The molecule has 0 spiro atoms. The molecule has 34 heavy (non-hydrogen) atoms. The smallest absolute Gasteiger partial charge is 0.232 e. The van der Waals surface area contributed by atoms with Gasteiger partial charge in [0.25, 0.3) is 0 Å². The largest absolute Gasteiger partial charge is 0.370 e. The van der Waals surface area contributed by atoms with Crippen LogP contribution in [0.3, 0.4) is 0 Å². The molecule has 4 rings (SSSR count). The van der Waals surface area contributed by atoms with E-state index in [0.29, 0.717) is 19.0 Å². The topological polar surface area (TPSA) is 104 Å². The van der Waals surface area contributed by atoms with Gasteiger partial charge in [-0.1, -0.05) is 12.1 Å². The van der Waals surface area contributed by atoms with Gasteiger partial charge in [-0.25, -0.2) is 4.98 Å². The summed E-state index contributed by atoms with van der Waals surface area (Å²) >= 11 is 0. The van der Waals surface area contributed by atoms with Gasteiger partial charge in [0.05, 0.1) is 6.04 Å². The summed E-state index contributed by atoms with van der Waals surface area (Å²) in [4.78, 5) is 47.9. The molecule has 2 aromatic heterocycles. The first-order valence-electron chi connectivity index (χ1n) is 12.2. The predicted octanol–water partition coefficient (Wildman–Crippen LogP) is 2.84. The van der Waals surface area contributed by atoms with Crippen molar-refractivity contribution in [3.63, 3.8) is 0 Å². The molecule has 180 valence electrons. The number of nitrogens with one attached hydrogen (secondary N) is 2. The molecule has 8 heteroatoms. The van der Waals surface area contributed by atoms with Crippen molar-refractivity contribution in [2.24, 2.45) is 5.92 Å². The van der Waals surface area contributed by atoms with Crippen molar-refractivity contribution >= 4 is 23.4 Å². The van der Waals surface area contributed by atoms with E-state index in [9.17, 15) is 14.4 Å². The molecule has 0 aliphatic carbocycles. The Hall–Kier alpha value is -3.29. The van der Waals surface area contributed by atoms with E-state index in [-0.39, 0.29) is 30.4 Å². The highest BCUT2D eigenvalue weighted by Gasteiger charge is 2.27. The number of aryl methyl sites for hydroxylation is 1. The van der Waals surface area contributed by atoms with E-state index >= 15 is 0 Å². The molecule has 2 amide bonds. The highest BCUT2D eigenvalue weighted by molar-refractivity contribution is 5.97. The number of amides is 2. The minimum atomic E-state index is -0.482. The number of fused-ring (bicyclic) bond motifs is 1. The van der Waals surface area contributed by atoms with Crippen LogP contribution in [0.5, 0.6) is 0 Å². The monoisotopic (exact) mass is 463 g/mol. The highest BCUT2D eigenvalue weighted by Crippen LogP contribution is 2.24. The normalized spacial score (nSPS) is 18.4. The van der Waals surface area contributed by atoms with E-state index in [2.05, 4.69) is 27.8 Å². The first kappa shape index (κ1) is 23.9. The Morgan fingerprint density at radius 3 is 2.91 bits per heavy atom. The van der Waals surface area contributed by atoms with Gasteiger partial charge in [0.1, 0.15) is 18.0 Å². The minimum Gasteiger partial charge on any atom is -0.370 e. The molecular formula is C26H33N5O3. The van der Waals surface area contributed by atoms with Crippen molar-refractivity contribution in [3.8, 4) is 0 Å². The van der Waals surface area contributed by atoms with E-state index < -0.39 is 6.04 Å². The maximum absolute atomic E-state index is 12.9. The number of anilines is 1. The highest BCUT2D eigenvalue weighted by atomic mass is 16.2. The van der Waals surface area contributed by atoms with Gasteiger partial charge in [-0.2, -0.15) is 0 Å². The molecule has 2 aliphatic rings. The summed E-state index contributed by atoms with van der Waals surface area (Å²) in [7, 11) is 0. The van der Waals surface area contributed by atoms with Gasteiger partial charge in [0, 0.05) is 44.1 Å². The zero-order chi connectivity index (χ0) is 23.9. The summed E-state index contributed by atoms with van der Waals surface area (Å²) < 4.78 is 0. The predicted molar refractivity (Wildman–Crippen MR) is 129 cm³/mol. The van der Waals surface area contributed by atoms with Crippen molar-refractivity contribution in [2.45, 2.75) is 57.9 Å². The van der Waals surface area contributed by atoms with Crippen LogP contribution in [-0.2, 0) is 27.2 Å². The second-order valence-electron chi connectivity index (χ2n) is 9.38. The summed E-state index contributed by atoms with van der Waals surface area (Å²) in [6.07, 6.45) is 8.22. The summed E-state index contributed by atoms with van der Waals surface area (Å²) in [5.74, 6) is 0.749. The Bertz CT molecular complexity index is 1030. The van der Waals surface area contributed by atoms with Crippen LogP contribution in [0.2, 0.25) is 0 Å². The molecule has 2 aliphatic heterocycles. The summed E-state index contributed by atoms with van der Waals surface area (Å²) in [5.41, 5.74) is 3.08. The Balaban J connectivity index is 1.31. The minimum absolute atomic E-state index is 0.0367. The summed E-state index contributed by atoms with van der Waals surface area (Å²) in [6.45, 7) is 3.76. The second kappa shape index (κ2) is 11.2. The van der Waals surface area contributed by atoms with Gasteiger partial charge in [-0.05, 0) is 68.2 Å². The molecule has 0 bridgehead atoms. The molecular weight excluding hydrogens is 430 g/mol. The van der Waals surface area contributed by atoms with E-state index in [1.54, 1.807) is 23.4 Å². The molecule has 4 heterocycles. The number of piperidine rings is 1. The number of hydrogen-bond acceptors (Lipinski definition) is 6. The SMILES string of the molecule is CC(=O)C[C@H](NC(=O)CC(=O)N1CCCC(Cc2ccc3c(n2)NCCC3)C1)c1cccnc1. The number of likely N-dealkylation sites (tertiary alicyclic amines) is 1. The van der Waals surface area contributed by atoms with E-state index in [4.69, 9.17) is 4.98 Å². The summed E-state index contributed by atoms with van der Waals surface area (Å²) in [5, 5.41) is 6.23. The lowest BCUT2D eigenvalue weighted by Gasteiger charge is -2.33. The van der Waals surface area contributed by atoms with Crippen LogP contribution in [0.25, 0.3) is 0 Å². The van der Waals surface area contributed by atoms with Crippen molar-refractivity contribution in [1.82, 2.24) is 20.2 Å². The number of carbonyl (C=O) groups is 3. The third kappa shape index (κ3) is 6.40. The van der Waals surface area contributed by atoms with Crippen molar-refractivity contribution in [3.05, 3.63) is 53.5 Å². The molecule has 0 aromatic carbocycles. The Labute approximate surface area is 200 Å². The number of rotatable bonds is 8. The van der Waals surface area contributed by atoms with Gasteiger partial charge in [-0.15, -0.1) is 0 Å². The zero-order valence-electron chi connectivity index (χ0n) is 19.8. The molecule has 2 aromatic rings. The lowest BCUT2D eigenvalue weighted by molar-refractivity contribution is -0.137. The number of nitrogens with zero attached hydrogens (tertiary/aromatic N) is 3. The number of Topliss-reactive ketones (excluding diaryl/α,β-unsaturated/α-hetero) is 1. The first-order chi connectivity index (χ1) is 16.5. The molecule has 1 saturated heterocycles. The fourth-order valence-corrected chi connectivity index (χ4v) is 4.85. The van der Waals surface area contributed by atoms with Gasteiger partial charge < -0.3 is 15.5 Å². The maximum Gasteiger partial charge on any atom is 0.232 e. The quantitative estimate of drug-likeness (QED) is 0.584. The summed E-state index contributed by atoms with van der Waals surface area (Å²) in [6, 6.07) is 7.38. The Morgan fingerprint density at radius 1 is 1.24 bits per heavy atom. The van der Waals surface area contributed by atoms with Crippen molar-refractivity contribution in [1.29, 1.82) is 0 Å².